The molecule has 2 rings (SSSR count). The van der Waals surface area contributed by atoms with Gasteiger partial charge in [-0.3, -0.25) is 5.10 Å². The van der Waals surface area contributed by atoms with Crippen molar-refractivity contribution in [3.8, 4) is 5.75 Å². The molecule has 2 N–H and O–H groups in total. The molecule has 0 unspecified atom stereocenters. The quantitative estimate of drug-likeness (QED) is 0.410. The number of rotatable bonds is 9. The number of H-pyrrole nitrogens is 1. The first kappa shape index (κ1) is 17.8. The van der Waals surface area contributed by atoms with Gasteiger partial charge >= 0.3 is 5.97 Å². The Morgan fingerprint density at radius 3 is 2.79 bits per heavy atom. The molecule has 0 saturated carbocycles. The van der Waals surface area contributed by atoms with Crippen LogP contribution in [-0.4, -0.2) is 32.9 Å². The Kier molecular flexibility index (Phi) is 6.62. The standard InChI is InChI=1S/C17H19N3O3S/c1-3-5-15-18-17(20-19-15)24-14(16(21)22)11-12-6-8-13(9-7-12)23-10-4-2/h4,6-9,11H,2-3,5,10H2,1H3,(H,21,22)(H,18,19,20)/b14-11-. The number of carboxylic acid groups (broad SMARTS) is 1. The summed E-state index contributed by atoms with van der Waals surface area (Å²) in [7, 11) is 0. The van der Waals surface area contributed by atoms with Gasteiger partial charge in [-0.1, -0.05) is 31.7 Å². The minimum absolute atomic E-state index is 0.150. The summed E-state index contributed by atoms with van der Waals surface area (Å²) in [4.78, 5) is 15.9. The summed E-state index contributed by atoms with van der Waals surface area (Å²) in [5, 5.41) is 16.6. The highest BCUT2D eigenvalue weighted by atomic mass is 32.2. The number of aromatic amines is 1. The maximum Gasteiger partial charge on any atom is 0.342 e. The molecule has 1 aromatic heterocycles. The lowest BCUT2D eigenvalue weighted by molar-refractivity contribution is -0.131. The number of ether oxygens (including phenoxy) is 1. The zero-order valence-electron chi connectivity index (χ0n) is 13.4. The molecular weight excluding hydrogens is 326 g/mol. The predicted octanol–water partition coefficient (Wildman–Crippen LogP) is 3.54. The average molecular weight is 345 g/mol. The Balaban J connectivity index is 2.12. The number of aromatic nitrogens is 3. The van der Waals surface area contributed by atoms with Gasteiger partial charge in [0.15, 0.2) is 0 Å². The van der Waals surface area contributed by atoms with E-state index in [1.807, 2.05) is 6.92 Å². The number of benzene rings is 1. The van der Waals surface area contributed by atoms with Crippen LogP contribution >= 0.6 is 11.8 Å². The summed E-state index contributed by atoms with van der Waals surface area (Å²) in [6, 6.07) is 7.15. The molecule has 0 spiro atoms. The van der Waals surface area contributed by atoms with Crippen LogP contribution in [0.15, 0.2) is 47.0 Å². The SMILES string of the molecule is C=CCOc1ccc(/C=C(\Sc2n[nH]c(CCC)n2)C(=O)O)cc1. The molecule has 0 atom stereocenters. The average Bonchev–Trinajstić information content (AvgIpc) is 3.01. The molecule has 7 heteroatoms. The maximum atomic E-state index is 11.5. The molecule has 0 radical (unpaired) electrons. The van der Waals surface area contributed by atoms with Crippen molar-refractivity contribution in [1.82, 2.24) is 15.2 Å². The molecule has 0 bridgehead atoms. The fourth-order valence-corrected chi connectivity index (χ4v) is 2.60. The van der Waals surface area contributed by atoms with E-state index in [0.717, 1.165) is 36.0 Å². The molecule has 0 aliphatic rings. The number of nitrogens with one attached hydrogen (secondary N) is 1. The third-order valence-electron chi connectivity index (χ3n) is 2.96. The second kappa shape index (κ2) is 8.93. The number of hydrogen-bond donors (Lipinski definition) is 2. The second-order valence-electron chi connectivity index (χ2n) is 4.90. The minimum atomic E-state index is -1.02. The molecular formula is C17H19N3O3S. The van der Waals surface area contributed by atoms with Crippen LogP contribution in [0.3, 0.4) is 0 Å². The van der Waals surface area contributed by atoms with Gasteiger partial charge in [0.05, 0.1) is 0 Å². The summed E-state index contributed by atoms with van der Waals surface area (Å²) >= 11 is 1.02. The Bertz CT molecular complexity index is 723. The highest BCUT2D eigenvalue weighted by Crippen LogP contribution is 2.26. The zero-order valence-corrected chi connectivity index (χ0v) is 14.2. The summed E-state index contributed by atoms with van der Waals surface area (Å²) in [6.07, 6.45) is 4.98. The monoisotopic (exact) mass is 345 g/mol. The highest BCUT2D eigenvalue weighted by Gasteiger charge is 2.13. The summed E-state index contributed by atoms with van der Waals surface area (Å²) in [5.41, 5.74) is 0.759. The first-order valence-corrected chi connectivity index (χ1v) is 8.32. The predicted molar refractivity (Wildman–Crippen MR) is 94.0 cm³/mol. The van der Waals surface area contributed by atoms with Gasteiger partial charge in [-0.05, 0) is 42.0 Å². The van der Waals surface area contributed by atoms with Crippen LogP contribution in [0.4, 0.5) is 0 Å². The van der Waals surface area contributed by atoms with E-state index in [1.165, 1.54) is 0 Å². The van der Waals surface area contributed by atoms with Crippen molar-refractivity contribution in [1.29, 1.82) is 0 Å². The third-order valence-corrected chi connectivity index (χ3v) is 3.83. The molecule has 0 fully saturated rings. The Morgan fingerprint density at radius 2 is 2.17 bits per heavy atom. The van der Waals surface area contributed by atoms with Gasteiger partial charge in [0.2, 0.25) is 5.16 Å². The normalized spacial score (nSPS) is 11.3. The van der Waals surface area contributed by atoms with Crippen LogP contribution in [0.2, 0.25) is 0 Å². The minimum Gasteiger partial charge on any atom is -0.490 e. The fraction of sp³-hybridized carbons (Fsp3) is 0.235. The van der Waals surface area contributed by atoms with E-state index in [0.29, 0.717) is 17.5 Å². The first-order chi connectivity index (χ1) is 11.6. The number of hydrogen-bond acceptors (Lipinski definition) is 5. The molecule has 126 valence electrons. The van der Waals surface area contributed by atoms with E-state index < -0.39 is 5.97 Å². The summed E-state index contributed by atoms with van der Waals surface area (Å²) < 4.78 is 5.40. The molecule has 24 heavy (non-hydrogen) atoms. The van der Waals surface area contributed by atoms with Crippen molar-refractivity contribution in [2.24, 2.45) is 0 Å². The van der Waals surface area contributed by atoms with Gasteiger partial charge < -0.3 is 9.84 Å². The van der Waals surface area contributed by atoms with Gasteiger partial charge in [-0.25, -0.2) is 9.78 Å². The van der Waals surface area contributed by atoms with E-state index in [1.54, 1.807) is 36.4 Å². The molecule has 1 aromatic carbocycles. The number of thioether (sulfide) groups is 1. The summed E-state index contributed by atoms with van der Waals surface area (Å²) in [6.45, 7) is 6.06. The van der Waals surface area contributed by atoms with Crippen molar-refractivity contribution >= 4 is 23.8 Å². The third kappa shape index (κ3) is 5.27. The number of carboxylic acids is 1. The molecule has 2 aromatic rings. The van der Waals surface area contributed by atoms with Gasteiger partial charge in [0, 0.05) is 6.42 Å². The van der Waals surface area contributed by atoms with Crippen molar-refractivity contribution in [2.45, 2.75) is 24.9 Å². The molecule has 1 heterocycles. The number of nitrogens with zero attached hydrogens (tertiary/aromatic N) is 2. The lowest BCUT2D eigenvalue weighted by Gasteiger charge is -2.03. The summed E-state index contributed by atoms with van der Waals surface area (Å²) in [5.74, 6) is 0.442. The molecule has 0 aliphatic heterocycles. The zero-order chi connectivity index (χ0) is 17.4. The van der Waals surface area contributed by atoms with Crippen molar-refractivity contribution < 1.29 is 14.6 Å². The topological polar surface area (TPSA) is 88.1 Å². The lowest BCUT2D eigenvalue weighted by Crippen LogP contribution is -1.97. The van der Waals surface area contributed by atoms with Crippen molar-refractivity contribution in [2.75, 3.05) is 6.61 Å². The maximum absolute atomic E-state index is 11.5. The Hall–Kier alpha value is -2.54. The molecule has 0 amide bonds. The van der Waals surface area contributed by atoms with E-state index >= 15 is 0 Å². The Morgan fingerprint density at radius 1 is 1.42 bits per heavy atom. The van der Waals surface area contributed by atoms with Gasteiger partial charge in [-0.15, -0.1) is 5.10 Å². The second-order valence-corrected chi connectivity index (χ2v) is 5.91. The fourth-order valence-electron chi connectivity index (χ4n) is 1.87. The molecule has 6 nitrogen and oxygen atoms in total. The van der Waals surface area contributed by atoms with Gasteiger partial charge in [0.25, 0.3) is 0 Å². The van der Waals surface area contributed by atoms with Crippen LogP contribution in [-0.2, 0) is 11.2 Å². The van der Waals surface area contributed by atoms with E-state index in [9.17, 15) is 9.90 Å². The van der Waals surface area contributed by atoms with Crippen molar-refractivity contribution in [3.63, 3.8) is 0 Å². The lowest BCUT2D eigenvalue weighted by atomic mass is 10.2. The van der Waals surface area contributed by atoms with E-state index in [4.69, 9.17) is 4.74 Å². The van der Waals surface area contributed by atoms with Crippen LogP contribution in [0.25, 0.3) is 6.08 Å². The first-order valence-electron chi connectivity index (χ1n) is 7.50. The van der Waals surface area contributed by atoms with Gasteiger partial charge in [-0.2, -0.15) is 0 Å². The van der Waals surface area contributed by atoms with Crippen LogP contribution in [0, 0.1) is 0 Å². The van der Waals surface area contributed by atoms with Crippen LogP contribution in [0.1, 0.15) is 24.7 Å². The van der Waals surface area contributed by atoms with E-state index in [-0.39, 0.29) is 4.91 Å². The van der Waals surface area contributed by atoms with Crippen LogP contribution in [0.5, 0.6) is 5.75 Å². The largest absolute Gasteiger partial charge is 0.490 e. The Labute approximate surface area is 144 Å². The van der Waals surface area contributed by atoms with Crippen molar-refractivity contribution in [3.05, 3.63) is 53.2 Å². The van der Waals surface area contributed by atoms with E-state index in [2.05, 4.69) is 21.8 Å². The molecule has 0 saturated heterocycles. The smallest absolute Gasteiger partial charge is 0.342 e. The molecule has 0 aliphatic carbocycles. The van der Waals surface area contributed by atoms with Gasteiger partial charge in [0.1, 0.15) is 23.1 Å². The number of carbonyl (C=O) groups is 1. The highest BCUT2D eigenvalue weighted by molar-refractivity contribution is 8.04. The number of aryl methyl sites for hydroxylation is 1. The number of aliphatic carboxylic acids is 1. The van der Waals surface area contributed by atoms with Crippen LogP contribution < -0.4 is 4.74 Å².